The fourth-order valence-electron chi connectivity index (χ4n) is 1.19. The fraction of sp³-hybridized carbons (Fsp3) is 0.545. The van der Waals surface area contributed by atoms with Crippen molar-refractivity contribution in [2.45, 2.75) is 32.1 Å². The number of hydrogen-bond donors (Lipinski definition) is 2. The number of nitrogens with one attached hydrogen (secondary N) is 1. The van der Waals surface area contributed by atoms with Crippen LogP contribution in [-0.4, -0.2) is 33.8 Å². The Kier molecular flexibility index (Phi) is 6.14. The molecule has 0 fully saturated rings. The summed E-state index contributed by atoms with van der Waals surface area (Å²) in [5.41, 5.74) is 1.03. The predicted molar refractivity (Wildman–Crippen MR) is 72.9 cm³/mol. The van der Waals surface area contributed by atoms with Gasteiger partial charge < -0.3 is 10.4 Å². The Morgan fingerprint density at radius 1 is 1.61 bits per heavy atom. The minimum absolute atomic E-state index is 0.230. The summed E-state index contributed by atoms with van der Waals surface area (Å²) < 4.78 is 0. The van der Waals surface area contributed by atoms with Crippen LogP contribution in [0.3, 0.4) is 0 Å². The van der Waals surface area contributed by atoms with E-state index in [1.807, 2.05) is 12.3 Å². The Balaban J connectivity index is 2.14. The summed E-state index contributed by atoms with van der Waals surface area (Å²) in [7, 11) is 0. The van der Waals surface area contributed by atoms with Gasteiger partial charge >= 0.3 is 5.97 Å². The number of hydrogen-bond acceptors (Lipinski definition) is 5. The van der Waals surface area contributed by atoms with Crippen molar-refractivity contribution in [1.29, 1.82) is 0 Å². The maximum absolute atomic E-state index is 11.4. The van der Waals surface area contributed by atoms with Gasteiger partial charge in [-0.1, -0.05) is 0 Å². The molecule has 0 radical (unpaired) electrons. The van der Waals surface area contributed by atoms with Crippen LogP contribution in [0.2, 0.25) is 0 Å². The molecule has 2 N–H and O–H groups in total. The van der Waals surface area contributed by atoms with Crippen LogP contribution in [0.15, 0.2) is 5.38 Å². The van der Waals surface area contributed by atoms with Gasteiger partial charge in [-0.05, 0) is 13.8 Å². The van der Waals surface area contributed by atoms with E-state index in [-0.39, 0.29) is 5.91 Å². The standard InChI is InChI=1S/C11H16N2O3S2/c1-7(11(15)16)12-10(14)3-4-17-5-9-6-18-8(2)13-9/h6-7H,3-5H2,1-2H3,(H,12,14)(H,15,16)/t7-/m1/s1. The maximum atomic E-state index is 11.4. The zero-order valence-electron chi connectivity index (χ0n) is 10.3. The molecule has 0 aliphatic heterocycles. The molecule has 1 rings (SSSR count). The molecule has 0 unspecified atom stereocenters. The molecule has 0 saturated carbocycles. The van der Waals surface area contributed by atoms with Gasteiger partial charge in [-0.3, -0.25) is 9.59 Å². The highest BCUT2D eigenvalue weighted by atomic mass is 32.2. The number of carboxylic acids is 1. The number of nitrogens with zero attached hydrogens (tertiary/aromatic N) is 1. The summed E-state index contributed by atoms with van der Waals surface area (Å²) in [6, 6.07) is -0.830. The van der Waals surface area contributed by atoms with Crippen LogP contribution in [0.5, 0.6) is 0 Å². The Morgan fingerprint density at radius 3 is 2.89 bits per heavy atom. The molecule has 0 saturated heterocycles. The van der Waals surface area contributed by atoms with Crippen molar-refractivity contribution in [3.05, 3.63) is 16.1 Å². The second-order valence-electron chi connectivity index (χ2n) is 3.79. The van der Waals surface area contributed by atoms with Gasteiger partial charge in [0, 0.05) is 23.3 Å². The summed E-state index contributed by atoms with van der Waals surface area (Å²) in [6.45, 7) is 3.41. The lowest BCUT2D eigenvalue weighted by Gasteiger charge is -2.08. The third-order valence-corrected chi connectivity index (χ3v) is 3.95. The first kappa shape index (κ1) is 15.0. The van der Waals surface area contributed by atoms with Crippen molar-refractivity contribution in [3.63, 3.8) is 0 Å². The molecular weight excluding hydrogens is 272 g/mol. The molecule has 1 aromatic heterocycles. The van der Waals surface area contributed by atoms with E-state index < -0.39 is 12.0 Å². The molecule has 0 bridgehead atoms. The minimum atomic E-state index is -1.02. The predicted octanol–water partition coefficient (Wildman–Crippen LogP) is 1.66. The lowest BCUT2D eigenvalue weighted by molar-refractivity contribution is -0.141. The summed E-state index contributed by atoms with van der Waals surface area (Å²) >= 11 is 3.23. The number of amides is 1. The van der Waals surface area contributed by atoms with Crippen molar-refractivity contribution < 1.29 is 14.7 Å². The van der Waals surface area contributed by atoms with E-state index in [9.17, 15) is 9.59 Å². The second-order valence-corrected chi connectivity index (χ2v) is 5.96. The highest BCUT2D eigenvalue weighted by Crippen LogP contribution is 2.15. The number of carboxylic acid groups (broad SMARTS) is 1. The number of thiazole rings is 1. The Hall–Kier alpha value is -1.08. The van der Waals surface area contributed by atoms with Crippen LogP contribution < -0.4 is 5.32 Å². The lowest BCUT2D eigenvalue weighted by Crippen LogP contribution is -2.38. The van der Waals surface area contributed by atoms with Crippen molar-refractivity contribution in [1.82, 2.24) is 10.3 Å². The summed E-state index contributed by atoms with van der Waals surface area (Å²) in [6.07, 6.45) is 0.325. The van der Waals surface area contributed by atoms with E-state index in [2.05, 4.69) is 10.3 Å². The van der Waals surface area contributed by atoms with Crippen LogP contribution in [0, 0.1) is 6.92 Å². The van der Waals surface area contributed by atoms with Gasteiger partial charge in [0.1, 0.15) is 6.04 Å². The van der Waals surface area contributed by atoms with Crippen molar-refractivity contribution >= 4 is 35.0 Å². The highest BCUT2D eigenvalue weighted by Gasteiger charge is 2.13. The highest BCUT2D eigenvalue weighted by molar-refractivity contribution is 7.98. The van der Waals surface area contributed by atoms with E-state index in [4.69, 9.17) is 5.11 Å². The first-order chi connectivity index (χ1) is 8.49. The van der Waals surface area contributed by atoms with Crippen LogP contribution in [-0.2, 0) is 15.3 Å². The normalized spacial score (nSPS) is 12.1. The van der Waals surface area contributed by atoms with Crippen LogP contribution in [0.1, 0.15) is 24.0 Å². The van der Waals surface area contributed by atoms with Gasteiger partial charge in [0.15, 0.2) is 0 Å². The molecule has 7 heteroatoms. The van der Waals surface area contributed by atoms with E-state index in [1.54, 1.807) is 23.1 Å². The van der Waals surface area contributed by atoms with Crippen molar-refractivity contribution in [3.8, 4) is 0 Å². The summed E-state index contributed by atoms with van der Waals surface area (Å²) in [4.78, 5) is 26.2. The number of carbonyl (C=O) groups excluding carboxylic acids is 1. The zero-order valence-corrected chi connectivity index (χ0v) is 11.9. The van der Waals surface area contributed by atoms with E-state index >= 15 is 0 Å². The van der Waals surface area contributed by atoms with E-state index in [0.717, 1.165) is 16.5 Å². The first-order valence-corrected chi connectivity index (χ1v) is 7.53. The number of rotatable bonds is 7. The van der Waals surface area contributed by atoms with Crippen LogP contribution in [0.25, 0.3) is 0 Å². The van der Waals surface area contributed by atoms with E-state index in [0.29, 0.717) is 12.2 Å². The van der Waals surface area contributed by atoms with Gasteiger partial charge in [0.2, 0.25) is 5.91 Å². The third-order valence-electron chi connectivity index (χ3n) is 2.14. The topological polar surface area (TPSA) is 79.3 Å². The number of thioether (sulfide) groups is 1. The van der Waals surface area contributed by atoms with Gasteiger partial charge in [-0.25, -0.2) is 4.98 Å². The largest absolute Gasteiger partial charge is 0.480 e. The monoisotopic (exact) mass is 288 g/mol. The molecule has 1 amide bonds. The van der Waals surface area contributed by atoms with Gasteiger partial charge in [-0.15, -0.1) is 11.3 Å². The number of aliphatic carboxylic acids is 1. The van der Waals surface area contributed by atoms with Gasteiger partial charge in [0.25, 0.3) is 0 Å². The molecule has 5 nitrogen and oxygen atoms in total. The maximum Gasteiger partial charge on any atom is 0.325 e. The molecule has 1 heterocycles. The number of aryl methyl sites for hydroxylation is 1. The Morgan fingerprint density at radius 2 is 2.33 bits per heavy atom. The molecule has 1 aromatic rings. The molecule has 0 spiro atoms. The molecule has 18 heavy (non-hydrogen) atoms. The smallest absolute Gasteiger partial charge is 0.325 e. The molecule has 0 aromatic carbocycles. The molecule has 0 aliphatic carbocycles. The Labute approximate surface area is 114 Å². The second kappa shape index (κ2) is 7.38. The number of carbonyl (C=O) groups is 2. The molecule has 0 aliphatic rings. The van der Waals surface area contributed by atoms with E-state index in [1.165, 1.54) is 6.92 Å². The number of aromatic nitrogens is 1. The summed E-state index contributed by atoms with van der Waals surface area (Å²) in [5, 5.41) is 14.1. The zero-order chi connectivity index (χ0) is 13.5. The fourth-order valence-corrected chi connectivity index (χ4v) is 2.74. The quantitative estimate of drug-likeness (QED) is 0.746. The van der Waals surface area contributed by atoms with Crippen LogP contribution >= 0.6 is 23.1 Å². The molecule has 100 valence electrons. The lowest BCUT2D eigenvalue weighted by atomic mass is 10.3. The average Bonchev–Trinajstić information content (AvgIpc) is 2.70. The first-order valence-electron chi connectivity index (χ1n) is 5.50. The third kappa shape index (κ3) is 5.50. The molecule has 1 atom stereocenters. The summed E-state index contributed by atoms with van der Waals surface area (Å²) in [5.74, 6) is 0.196. The molecular formula is C11H16N2O3S2. The SMILES string of the molecule is Cc1nc(CSCCC(=O)N[C@H](C)C(=O)O)cs1. The van der Waals surface area contributed by atoms with Gasteiger partial charge in [-0.2, -0.15) is 11.8 Å². The van der Waals surface area contributed by atoms with Crippen molar-refractivity contribution in [2.24, 2.45) is 0 Å². The van der Waals surface area contributed by atoms with Gasteiger partial charge in [0.05, 0.1) is 10.7 Å². The Bertz CT molecular complexity index is 420. The minimum Gasteiger partial charge on any atom is -0.480 e. The average molecular weight is 288 g/mol. The van der Waals surface area contributed by atoms with Crippen LogP contribution in [0.4, 0.5) is 0 Å². The van der Waals surface area contributed by atoms with Crippen molar-refractivity contribution in [2.75, 3.05) is 5.75 Å².